The van der Waals surface area contributed by atoms with Crippen molar-refractivity contribution < 1.29 is 0 Å². The summed E-state index contributed by atoms with van der Waals surface area (Å²) < 4.78 is 0. The minimum Gasteiger partial charge on any atom is -0.314 e. The Bertz CT molecular complexity index is 169. The highest BCUT2D eigenvalue weighted by Crippen LogP contribution is 2.13. The van der Waals surface area contributed by atoms with Crippen LogP contribution >= 0.6 is 0 Å². The molecule has 2 aliphatic rings. The third-order valence-corrected chi connectivity index (χ3v) is 3.20. The van der Waals surface area contributed by atoms with Crippen molar-refractivity contribution in [2.45, 2.75) is 25.9 Å². The highest BCUT2D eigenvalue weighted by atomic mass is 15.7. The predicted molar refractivity (Wildman–Crippen MR) is 58.1 cm³/mol. The Hall–Kier alpha value is -0.160. The van der Waals surface area contributed by atoms with Crippen LogP contribution in [-0.2, 0) is 0 Å². The third kappa shape index (κ3) is 2.08. The summed E-state index contributed by atoms with van der Waals surface area (Å²) in [6.07, 6.45) is 0. The van der Waals surface area contributed by atoms with Gasteiger partial charge in [0.15, 0.2) is 0 Å². The molecule has 0 aromatic rings. The van der Waals surface area contributed by atoms with E-state index in [9.17, 15) is 0 Å². The number of nitrogens with one attached hydrogen (secondary N) is 2. The molecule has 2 heterocycles. The van der Waals surface area contributed by atoms with Crippen LogP contribution in [0, 0.1) is 0 Å². The van der Waals surface area contributed by atoms with Gasteiger partial charge in [0.2, 0.25) is 0 Å². The highest BCUT2D eigenvalue weighted by molar-refractivity contribution is 4.82. The van der Waals surface area contributed by atoms with Crippen molar-refractivity contribution in [3.63, 3.8) is 0 Å². The van der Waals surface area contributed by atoms with Crippen molar-refractivity contribution in [3.8, 4) is 0 Å². The molecular formula is C10H22N4. The molecule has 2 N–H and O–H groups in total. The van der Waals surface area contributed by atoms with Gasteiger partial charge in [-0.05, 0) is 13.8 Å². The van der Waals surface area contributed by atoms with E-state index in [4.69, 9.17) is 0 Å². The molecule has 2 saturated heterocycles. The maximum atomic E-state index is 3.47. The molecule has 2 unspecified atom stereocenters. The molecule has 0 aliphatic carbocycles. The van der Waals surface area contributed by atoms with E-state index in [1.54, 1.807) is 0 Å². The minimum atomic E-state index is 0.636. The SMILES string of the molecule is CC1CNCC(C)N1N1CCNCC1. The monoisotopic (exact) mass is 198 g/mol. The Balaban J connectivity index is 1.97. The lowest BCUT2D eigenvalue weighted by atomic mass is 10.1. The van der Waals surface area contributed by atoms with Gasteiger partial charge in [-0.1, -0.05) is 0 Å². The fourth-order valence-corrected chi connectivity index (χ4v) is 2.56. The van der Waals surface area contributed by atoms with Gasteiger partial charge in [0.25, 0.3) is 0 Å². The predicted octanol–water partition coefficient (Wildman–Crippen LogP) is -0.511. The van der Waals surface area contributed by atoms with Gasteiger partial charge in [-0.25, -0.2) is 10.0 Å². The van der Waals surface area contributed by atoms with Crippen LogP contribution in [0.3, 0.4) is 0 Å². The van der Waals surface area contributed by atoms with Crippen molar-refractivity contribution in [3.05, 3.63) is 0 Å². The molecule has 0 spiro atoms. The Kier molecular flexibility index (Phi) is 3.38. The van der Waals surface area contributed by atoms with Gasteiger partial charge in [0.05, 0.1) is 0 Å². The van der Waals surface area contributed by atoms with E-state index in [1.165, 1.54) is 0 Å². The highest BCUT2D eigenvalue weighted by Gasteiger charge is 2.29. The van der Waals surface area contributed by atoms with E-state index in [2.05, 4.69) is 34.5 Å². The summed E-state index contributed by atoms with van der Waals surface area (Å²) in [5.74, 6) is 0. The molecule has 0 saturated carbocycles. The van der Waals surface area contributed by atoms with Crippen molar-refractivity contribution in [1.29, 1.82) is 0 Å². The second-order valence-corrected chi connectivity index (χ2v) is 4.44. The maximum Gasteiger partial charge on any atom is 0.0346 e. The molecule has 2 atom stereocenters. The Morgan fingerprint density at radius 3 is 2.07 bits per heavy atom. The lowest BCUT2D eigenvalue weighted by Crippen LogP contribution is -2.64. The van der Waals surface area contributed by atoms with E-state index in [-0.39, 0.29) is 0 Å². The normalized spacial score (nSPS) is 37.3. The standard InChI is InChI=1S/C10H22N4/c1-9-7-12-8-10(2)14(9)13-5-3-11-4-6-13/h9-12H,3-8H2,1-2H3. The summed E-state index contributed by atoms with van der Waals surface area (Å²) in [4.78, 5) is 0. The fourth-order valence-electron chi connectivity index (χ4n) is 2.56. The minimum absolute atomic E-state index is 0.636. The molecule has 0 amide bonds. The molecule has 2 fully saturated rings. The number of piperazine rings is 2. The smallest absolute Gasteiger partial charge is 0.0346 e. The zero-order valence-electron chi connectivity index (χ0n) is 9.29. The van der Waals surface area contributed by atoms with Crippen LogP contribution in [0.15, 0.2) is 0 Å². The Morgan fingerprint density at radius 2 is 1.50 bits per heavy atom. The summed E-state index contributed by atoms with van der Waals surface area (Å²) in [6, 6.07) is 1.27. The van der Waals surface area contributed by atoms with Crippen molar-refractivity contribution in [2.75, 3.05) is 39.3 Å². The number of hydrogen-bond acceptors (Lipinski definition) is 4. The van der Waals surface area contributed by atoms with Crippen LogP contribution in [-0.4, -0.2) is 61.4 Å². The summed E-state index contributed by atoms with van der Waals surface area (Å²) in [7, 11) is 0. The molecule has 4 nitrogen and oxygen atoms in total. The summed E-state index contributed by atoms with van der Waals surface area (Å²) >= 11 is 0. The molecule has 2 rings (SSSR count). The average molecular weight is 198 g/mol. The second kappa shape index (κ2) is 4.57. The first-order valence-corrected chi connectivity index (χ1v) is 5.73. The van der Waals surface area contributed by atoms with Crippen LogP contribution in [0.1, 0.15) is 13.8 Å². The summed E-state index contributed by atoms with van der Waals surface area (Å²) in [5, 5.41) is 12.0. The van der Waals surface area contributed by atoms with E-state index in [1.807, 2.05) is 0 Å². The summed E-state index contributed by atoms with van der Waals surface area (Å²) in [6.45, 7) is 11.4. The van der Waals surface area contributed by atoms with Crippen molar-refractivity contribution >= 4 is 0 Å². The van der Waals surface area contributed by atoms with Gasteiger partial charge < -0.3 is 10.6 Å². The lowest BCUT2D eigenvalue weighted by molar-refractivity contribution is -0.103. The molecule has 0 bridgehead atoms. The van der Waals surface area contributed by atoms with Crippen molar-refractivity contribution in [2.24, 2.45) is 0 Å². The number of rotatable bonds is 1. The van der Waals surface area contributed by atoms with Gasteiger partial charge in [0, 0.05) is 51.4 Å². The third-order valence-electron chi connectivity index (χ3n) is 3.20. The molecule has 4 heteroatoms. The van der Waals surface area contributed by atoms with Crippen LogP contribution in [0.25, 0.3) is 0 Å². The van der Waals surface area contributed by atoms with Gasteiger partial charge in [-0.15, -0.1) is 0 Å². The largest absolute Gasteiger partial charge is 0.314 e. The number of hydrazine groups is 1. The molecular weight excluding hydrogens is 176 g/mol. The van der Waals surface area contributed by atoms with Crippen LogP contribution < -0.4 is 10.6 Å². The van der Waals surface area contributed by atoms with Gasteiger partial charge in [-0.3, -0.25) is 0 Å². The van der Waals surface area contributed by atoms with E-state index in [0.717, 1.165) is 39.3 Å². The topological polar surface area (TPSA) is 30.5 Å². The van der Waals surface area contributed by atoms with E-state index >= 15 is 0 Å². The lowest BCUT2D eigenvalue weighted by Gasteiger charge is -2.47. The zero-order chi connectivity index (χ0) is 9.97. The Morgan fingerprint density at radius 1 is 0.929 bits per heavy atom. The first kappa shape index (κ1) is 10.4. The van der Waals surface area contributed by atoms with E-state index in [0.29, 0.717) is 12.1 Å². The van der Waals surface area contributed by atoms with Crippen LogP contribution in [0.5, 0.6) is 0 Å². The number of hydrogen-bond donors (Lipinski definition) is 2. The molecule has 0 aromatic heterocycles. The van der Waals surface area contributed by atoms with Crippen LogP contribution in [0.2, 0.25) is 0 Å². The molecule has 0 radical (unpaired) electrons. The van der Waals surface area contributed by atoms with Gasteiger partial charge >= 0.3 is 0 Å². The molecule has 82 valence electrons. The van der Waals surface area contributed by atoms with Crippen LogP contribution in [0.4, 0.5) is 0 Å². The molecule has 2 aliphatic heterocycles. The summed E-state index contributed by atoms with van der Waals surface area (Å²) in [5.41, 5.74) is 0. The zero-order valence-corrected chi connectivity index (χ0v) is 9.29. The number of nitrogens with zero attached hydrogens (tertiary/aromatic N) is 2. The first-order chi connectivity index (χ1) is 6.79. The van der Waals surface area contributed by atoms with Crippen molar-refractivity contribution in [1.82, 2.24) is 20.7 Å². The maximum absolute atomic E-state index is 3.47. The second-order valence-electron chi connectivity index (χ2n) is 4.44. The quantitative estimate of drug-likeness (QED) is 0.594. The van der Waals surface area contributed by atoms with Gasteiger partial charge in [0.1, 0.15) is 0 Å². The first-order valence-electron chi connectivity index (χ1n) is 5.73. The van der Waals surface area contributed by atoms with Gasteiger partial charge in [-0.2, -0.15) is 0 Å². The fraction of sp³-hybridized carbons (Fsp3) is 1.00. The average Bonchev–Trinajstić information content (AvgIpc) is 2.19. The molecule has 14 heavy (non-hydrogen) atoms. The molecule has 0 aromatic carbocycles. The van der Waals surface area contributed by atoms with E-state index < -0.39 is 0 Å². The Labute approximate surface area is 86.6 Å².